The molecule has 0 amide bonds. The monoisotopic (exact) mass is 383 g/mol. The van der Waals surface area contributed by atoms with Gasteiger partial charge in [0.25, 0.3) is 0 Å². The molecule has 3 rings (SSSR count). The molecule has 26 heavy (non-hydrogen) atoms. The predicted octanol–water partition coefficient (Wildman–Crippen LogP) is 1.47. The molecule has 1 aliphatic heterocycles. The van der Waals surface area contributed by atoms with Gasteiger partial charge in [0.05, 0.1) is 20.8 Å². The molecule has 1 aromatic carbocycles. The van der Waals surface area contributed by atoms with Crippen LogP contribution in [0.15, 0.2) is 35.2 Å². The van der Waals surface area contributed by atoms with Crippen molar-refractivity contribution in [3.05, 3.63) is 36.1 Å². The Bertz CT molecular complexity index is 876. The molecule has 8 nitrogen and oxygen atoms in total. The van der Waals surface area contributed by atoms with Gasteiger partial charge in [0.2, 0.25) is 21.8 Å². The van der Waals surface area contributed by atoms with Crippen LogP contribution in [0.25, 0.3) is 0 Å². The van der Waals surface area contributed by atoms with E-state index in [0.717, 1.165) is 12.1 Å². The van der Waals surface area contributed by atoms with Crippen molar-refractivity contribution in [2.75, 3.05) is 27.3 Å². The zero-order valence-electron chi connectivity index (χ0n) is 14.3. The summed E-state index contributed by atoms with van der Waals surface area (Å²) in [5.41, 5.74) is 0. The standard InChI is InChI=1S/C16H18FN3O5S/c1-23-13-4-3-11(17)9-14(13)26(21,22)20-8-7-12(10-20)25-16-6-5-15(24-2)18-19-16/h3-6,9,12H,7-8,10H2,1-2H3. The maximum atomic E-state index is 13.5. The third-order valence-corrected chi connectivity index (χ3v) is 5.85. The summed E-state index contributed by atoms with van der Waals surface area (Å²) in [5.74, 6) is 0.0752. The van der Waals surface area contributed by atoms with Crippen LogP contribution < -0.4 is 14.2 Å². The van der Waals surface area contributed by atoms with Crippen molar-refractivity contribution < 1.29 is 27.0 Å². The zero-order valence-corrected chi connectivity index (χ0v) is 15.1. The quantitative estimate of drug-likeness (QED) is 0.746. The highest BCUT2D eigenvalue weighted by Crippen LogP contribution is 2.30. The highest BCUT2D eigenvalue weighted by Gasteiger charge is 2.35. The van der Waals surface area contributed by atoms with E-state index in [1.807, 2.05) is 0 Å². The van der Waals surface area contributed by atoms with E-state index in [4.69, 9.17) is 14.2 Å². The molecule has 0 N–H and O–H groups in total. The van der Waals surface area contributed by atoms with Gasteiger partial charge in [-0.3, -0.25) is 0 Å². The highest BCUT2D eigenvalue weighted by atomic mass is 32.2. The van der Waals surface area contributed by atoms with Crippen molar-refractivity contribution in [2.45, 2.75) is 17.4 Å². The normalized spacial score (nSPS) is 17.9. The minimum atomic E-state index is -3.91. The number of hydrogen-bond donors (Lipinski definition) is 0. The summed E-state index contributed by atoms with van der Waals surface area (Å²) in [5, 5.41) is 7.66. The van der Waals surface area contributed by atoms with Crippen molar-refractivity contribution in [3.8, 4) is 17.5 Å². The number of hydrogen-bond acceptors (Lipinski definition) is 7. The van der Waals surface area contributed by atoms with E-state index in [1.54, 1.807) is 12.1 Å². The largest absolute Gasteiger partial charge is 0.495 e. The third kappa shape index (κ3) is 3.70. The Kier molecular flexibility index (Phi) is 5.23. The Morgan fingerprint density at radius 3 is 2.50 bits per heavy atom. The number of nitrogens with zero attached hydrogens (tertiary/aromatic N) is 3. The summed E-state index contributed by atoms with van der Waals surface area (Å²) in [6.07, 6.45) is 0.0944. The summed E-state index contributed by atoms with van der Waals surface area (Å²) < 4.78 is 56.1. The van der Waals surface area contributed by atoms with E-state index in [-0.39, 0.29) is 35.7 Å². The number of benzene rings is 1. The van der Waals surface area contributed by atoms with Gasteiger partial charge in [0.15, 0.2) is 0 Å². The summed E-state index contributed by atoms with van der Waals surface area (Å²) in [6.45, 7) is 0.367. The predicted molar refractivity (Wildman–Crippen MR) is 89.3 cm³/mol. The first kappa shape index (κ1) is 18.3. The molecular weight excluding hydrogens is 365 g/mol. The number of halogens is 1. The van der Waals surface area contributed by atoms with Crippen LogP contribution in [0.2, 0.25) is 0 Å². The molecule has 1 aromatic heterocycles. The van der Waals surface area contributed by atoms with E-state index in [9.17, 15) is 12.8 Å². The number of ether oxygens (including phenoxy) is 3. The van der Waals surface area contributed by atoms with Gasteiger partial charge >= 0.3 is 0 Å². The van der Waals surface area contributed by atoms with E-state index < -0.39 is 15.8 Å². The molecule has 10 heteroatoms. The molecule has 1 atom stereocenters. The van der Waals surface area contributed by atoms with Crippen LogP contribution in [0.4, 0.5) is 4.39 Å². The lowest BCUT2D eigenvalue weighted by atomic mass is 10.3. The molecule has 2 aromatic rings. The van der Waals surface area contributed by atoms with E-state index in [1.165, 1.54) is 24.6 Å². The Labute approximate surface area is 150 Å². The Hall–Kier alpha value is -2.46. The summed E-state index contributed by atoms with van der Waals surface area (Å²) in [7, 11) is -1.09. The number of methoxy groups -OCH3 is 2. The van der Waals surface area contributed by atoms with Gasteiger partial charge in [-0.15, -0.1) is 10.2 Å². The smallest absolute Gasteiger partial charge is 0.246 e. The topological polar surface area (TPSA) is 90.9 Å². The number of aromatic nitrogens is 2. The SMILES string of the molecule is COc1ccc(OC2CCN(S(=O)(=O)c3cc(F)ccc3OC)C2)nn1. The van der Waals surface area contributed by atoms with Gasteiger partial charge in [-0.25, -0.2) is 12.8 Å². The van der Waals surface area contributed by atoms with Gasteiger partial charge in [-0.05, 0) is 24.6 Å². The molecule has 1 aliphatic rings. The maximum absolute atomic E-state index is 13.5. The van der Waals surface area contributed by atoms with E-state index in [2.05, 4.69) is 10.2 Å². The molecule has 0 spiro atoms. The minimum absolute atomic E-state index is 0.0942. The molecule has 0 aliphatic carbocycles. The molecule has 1 saturated heterocycles. The van der Waals surface area contributed by atoms with Crippen molar-refractivity contribution in [2.24, 2.45) is 0 Å². The summed E-state index contributed by atoms with van der Waals surface area (Å²) >= 11 is 0. The van der Waals surface area contributed by atoms with Crippen molar-refractivity contribution in [3.63, 3.8) is 0 Å². The molecule has 0 saturated carbocycles. The molecular formula is C16H18FN3O5S. The van der Waals surface area contributed by atoms with Crippen LogP contribution in [0.5, 0.6) is 17.5 Å². The fourth-order valence-electron chi connectivity index (χ4n) is 2.65. The molecule has 0 bridgehead atoms. The van der Waals surface area contributed by atoms with Crippen LogP contribution in [0, 0.1) is 5.82 Å². The number of sulfonamides is 1. The first-order valence-corrected chi connectivity index (χ1v) is 9.26. The third-order valence-electron chi connectivity index (χ3n) is 3.96. The Morgan fingerprint density at radius 2 is 1.85 bits per heavy atom. The minimum Gasteiger partial charge on any atom is -0.495 e. The lowest BCUT2D eigenvalue weighted by Gasteiger charge is -2.18. The van der Waals surface area contributed by atoms with Crippen molar-refractivity contribution >= 4 is 10.0 Å². The fourth-order valence-corrected chi connectivity index (χ4v) is 4.31. The van der Waals surface area contributed by atoms with E-state index >= 15 is 0 Å². The van der Waals surface area contributed by atoms with Gasteiger partial charge in [0, 0.05) is 18.7 Å². The maximum Gasteiger partial charge on any atom is 0.246 e. The molecule has 0 radical (unpaired) electrons. The molecule has 2 heterocycles. The van der Waals surface area contributed by atoms with Gasteiger partial charge in [-0.1, -0.05) is 0 Å². The first-order chi connectivity index (χ1) is 12.4. The molecule has 1 fully saturated rings. The van der Waals surface area contributed by atoms with Crippen LogP contribution in [0.3, 0.4) is 0 Å². The van der Waals surface area contributed by atoms with Gasteiger partial charge in [0.1, 0.15) is 22.6 Å². The van der Waals surface area contributed by atoms with Gasteiger partial charge < -0.3 is 14.2 Å². The molecule has 1 unspecified atom stereocenters. The lowest BCUT2D eigenvalue weighted by molar-refractivity contribution is 0.203. The second kappa shape index (κ2) is 7.42. The zero-order chi connectivity index (χ0) is 18.7. The van der Waals surface area contributed by atoms with Crippen LogP contribution >= 0.6 is 0 Å². The van der Waals surface area contributed by atoms with Crippen molar-refractivity contribution in [1.82, 2.24) is 14.5 Å². The fraction of sp³-hybridized carbons (Fsp3) is 0.375. The van der Waals surface area contributed by atoms with E-state index in [0.29, 0.717) is 12.3 Å². The Morgan fingerprint density at radius 1 is 1.12 bits per heavy atom. The van der Waals surface area contributed by atoms with Gasteiger partial charge in [-0.2, -0.15) is 4.31 Å². The second-order valence-electron chi connectivity index (χ2n) is 5.60. The second-order valence-corrected chi connectivity index (χ2v) is 7.51. The van der Waals surface area contributed by atoms with Crippen LogP contribution in [-0.2, 0) is 10.0 Å². The summed E-state index contributed by atoms with van der Waals surface area (Å²) in [4.78, 5) is -0.204. The Balaban J connectivity index is 1.74. The number of rotatable bonds is 6. The van der Waals surface area contributed by atoms with Crippen LogP contribution in [-0.4, -0.2) is 56.3 Å². The average Bonchev–Trinajstić information content (AvgIpc) is 3.11. The lowest BCUT2D eigenvalue weighted by Crippen LogP contribution is -2.31. The highest BCUT2D eigenvalue weighted by molar-refractivity contribution is 7.89. The van der Waals surface area contributed by atoms with Crippen LogP contribution in [0.1, 0.15) is 6.42 Å². The first-order valence-electron chi connectivity index (χ1n) is 7.82. The molecule has 140 valence electrons. The average molecular weight is 383 g/mol. The van der Waals surface area contributed by atoms with Crippen molar-refractivity contribution in [1.29, 1.82) is 0 Å². The summed E-state index contributed by atoms with van der Waals surface area (Å²) in [6, 6.07) is 6.59.